The quantitative estimate of drug-likeness (QED) is 0.0836. The Morgan fingerprint density at radius 1 is 0.962 bits per heavy atom. The maximum Gasteiger partial charge on any atom is 0.207 e. The number of carbonyl (C=O) groups is 1. The van der Waals surface area contributed by atoms with Gasteiger partial charge in [-0.05, 0) is 204 Å². The number of guanidine groups is 1. The van der Waals surface area contributed by atoms with Crippen LogP contribution in [-0.4, -0.2) is 79.4 Å². The normalized spacial score (nSPS) is 35.7. The molecule has 12 nitrogen and oxygen atoms in total. The highest BCUT2D eigenvalue weighted by molar-refractivity contribution is 5.97. The number of hydrogen-bond donors (Lipinski definition) is 6. The number of carbonyl (C=O) groups excluding carboxylic acids is 1. The van der Waals surface area contributed by atoms with Crippen molar-refractivity contribution in [3.05, 3.63) is 53.6 Å². The number of anilines is 1. The summed E-state index contributed by atoms with van der Waals surface area (Å²) < 4.78 is 26.4. The summed E-state index contributed by atoms with van der Waals surface area (Å²) >= 11 is 0. The third kappa shape index (κ3) is 10.4. The van der Waals surface area contributed by atoms with Crippen molar-refractivity contribution in [2.24, 2.45) is 69.1 Å². The molecule has 78 heavy (non-hydrogen) atoms. The average molecular weight is 1070 g/mol. The first-order valence-electron chi connectivity index (χ1n) is 30.7. The number of aliphatic hydroxyl groups excluding tert-OH is 2. The van der Waals surface area contributed by atoms with Gasteiger partial charge in [0.05, 0.1) is 18.9 Å². The molecule has 2 spiro atoms. The summed E-state index contributed by atoms with van der Waals surface area (Å²) in [5.74, 6) is 11.7. The highest BCUT2D eigenvalue weighted by Crippen LogP contribution is 2.74. The van der Waals surface area contributed by atoms with E-state index in [0.717, 1.165) is 102 Å². The van der Waals surface area contributed by atoms with E-state index in [1.807, 2.05) is 19.2 Å². The summed E-state index contributed by atoms with van der Waals surface area (Å²) in [6.07, 6.45) is 30.9. The number of likely N-dealkylation sites (N-methyl/N-ethyl adjacent to an activating group) is 1. The number of rotatable bonds is 13. The van der Waals surface area contributed by atoms with Gasteiger partial charge in [-0.1, -0.05) is 75.9 Å². The Morgan fingerprint density at radius 3 is 2.59 bits per heavy atom. The molecule has 2 aromatic rings. The molecule has 2 aromatic carbocycles. The van der Waals surface area contributed by atoms with Gasteiger partial charge in [0, 0.05) is 56.3 Å². The summed E-state index contributed by atoms with van der Waals surface area (Å²) in [5, 5.41) is 43.6. The van der Waals surface area contributed by atoms with Crippen LogP contribution in [0.2, 0.25) is 0 Å². The second kappa shape index (κ2) is 23.4. The Bertz CT molecular complexity index is 2670. The van der Waals surface area contributed by atoms with Crippen LogP contribution in [0.1, 0.15) is 172 Å². The van der Waals surface area contributed by atoms with Crippen LogP contribution in [0.3, 0.4) is 0 Å². The largest absolute Gasteiger partial charge is 0.504 e. The fourth-order valence-electron chi connectivity index (χ4n) is 18.8. The van der Waals surface area contributed by atoms with Gasteiger partial charge in [-0.3, -0.25) is 15.1 Å². The van der Waals surface area contributed by atoms with E-state index in [0.29, 0.717) is 90.7 Å². The molecule has 6 N–H and O–H groups in total. The molecule has 0 saturated heterocycles. The predicted octanol–water partition coefficient (Wildman–Crippen LogP) is 11.4. The minimum absolute atomic E-state index is 0.00932. The van der Waals surface area contributed by atoms with Gasteiger partial charge in [0.15, 0.2) is 29.3 Å². The number of aromatic hydroxyl groups is 1. The Hall–Kier alpha value is -4.72. The standard InChI is InChI=1S/C66H90N4O8/c1-5-43-20-22-50-51(19-12-32-71)61-63(26-8-9-27-63)29-30-66(61)48-37-54(60-57(38-48)78-64(42-67-2)40-45(14-13-33-76-60)46(41-64)36-59(74)77-49-17-6-7-18-49)70-62(68-3)69-31-11-16-47-15-10-28-65(47,58(73)25-23-53(66)52(50)34-43)39-44-21-24-55(72)56(35-44)75-4/h21,23-25,35,37-38,43,45-47,49-53,59,61,67,71-72,74H,5-10,12,14-20,22,26-30,32,34,36,39-42H2,1-4H3,(H2,68,69,70). The van der Waals surface area contributed by atoms with Crippen LogP contribution >= 0.6 is 0 Å². The highest BCUT2D eigenvalue weighted by atomic mass is 16.6. The van der Waals surface area contributed by atoms with Crippen molar-refractivity contribution in [2.75, 3.05) is 39.7 Å². The number of phenolic OH excluding ortho intramolecular Hbond substituents is 1. The van der Waals surface area contributed by atoms with Gasteiger partial charge >= 0.3 is 0 Å². The van der Waals surface area contributed by atoms with Crippen LogP contribution < -0.4 is 30.2 Å². The van der Waals surface area contributed by atoms with Crippen LogP contribution in [0.4, 0.5) is 5.69 Å². The fraction of sp³-hybridized carbons (Fsp3) is 0.697. The number of methoxy groups -OCH3 is 1. The lowest BCUT2D eigenvalue weighted by Crippen LogP contribution is -2.58. The summed E-state index contributed by atoms with van der Waals surface area (Å²) in [6, 6.07) is 13.5. The molecule has 9 aliphatic rings. The van der Waals surface area contributed by atoms with Crippen LogP contribution in [0.25, 0.3) is 0 Å². The third-order valence-corrected chi connectivity index (χ3v) is 22.1. The number of hydrogen-bond acceptors (Lipinski definition) is 10. The molecule has 13 unspecified atom stereocenters. The zero-order valence-corrected chi connectivity index (χ0v) is 47.3. The van der Waals surface area contributed by atoms with Crippen molar-refractivity contribution in [1.29, 1.82) is 0 Å². The zero-order chi connectivity index (χ0) is 54.1. The molecule has 7 fully saturated rings. The van der Waals surface area contributed by atoms with Crippen molar-refractivity contribution >= 4 is 17.4 Å². The lowest BCUT2D eigenvalue weighted by Gasteiger charge is -2.62. The van der Waals surface area contributed by atoms with Crippen molar-refractivity contribution in [2.45, 2.75) is 191 Å². The minimum atomic E-state index is -0.845. The van der Waals surface area contributed by atoms with E-state index in [-0.39, 0.29) is 53.3 Å². The molecule has 2 heterocycles. The molecule has 13 atom stereocenters. The number of aliphatic hydroxyl groups is 2. The topological polar surface area (TPSA) is 163 Å². The fourth-order valence-corrected chi connectivity index (χ4v) is 18.8. The van der Waals surface area contributed by atoms with Gasteiger partial charge in [-0.2, -0.15) is 0 Å². The summed E-state index contributed by atoms with van der Waals surface area (Å²) in [7, 11) is 5.35. The molecule has 422 valence electrons. The smallest absolute Gasteiger partial charge is 0.207 e. The SMILES string of the molecule is CCC1CCC2C(C1)C1C=CC(=O)C3(Cc4ccc(O)c(OC)c4)CCCC3CC#CNC(=NC)Nc3cc(cc4c3OC#CCC3CC(CNC)(CC3CC(O)OC3CCCC3)O4)C13CCC1(CCCC1)C3C2CCCO. The number of fused-ring (bicyclic) bond motifs is 10. The predicted molar refractivity (Wildman–Crippen MR) is 305 cm³/mol. The molecule has 7 saturated carbocycles. The van der Waals surface area contributed by atoms with Crippen molar-refractivity contribution in [1.82, 2.24) is 10.6 Å². The molecular weight excluding hydrogens is 977 g/mol. The van der Waals surface area contributed by atoms with Crippen LogP contribution in [0.15, 0.2) is 47.5 Å². The van der Waals surface area contributed by atoms with E-state index >= 15 is 4.79 Å². The number of nitrogens with zero attached hydrogens (tertiary/aromatic N) is 1. The van der Waals surface area contributed by atoms with Gasteiger partial charge in [-0.15, -0.1) is 0 Å². The van der Waals surface area contributed by atoms with E-state index in [1.165, 1.54) is 44.1 Å². The van der Waals surface area contributed by atoms with Crippen molar-refractivity contribution in [3.8, 4) is 47.0 Å². The number of ether oxygens (including phenoxy) is 4. The Kier molecular flexibility index (Phi) is 16.6. The number of allylic oxidation sites excluding steroid dienone is 2. The maximum atomic E-state index is 16.0. The van der Waals surface area contributed by atoms with Gasteiger partial charge in [0.1, 0.15) is 11.7 Å². The molecule has 0 radical (unpaired) electrons. The van der Waals surface area contributed by atoms with E-state index < -0.39 is 22.7 Å². The lowest BCUT2D eigenvalue weighted by molar-refractivity contribution is -0.145. The van der Waals surface area contributed by atoms with Gasteiger partial charge in [0.25, 0.3) is 0 Å². The number of ketones is 1. The Balaban J connectivity index is 1.11. The summed E-state index contributed by atoms with van der Waals surface area (Å²) in [6.45, 7) is 3.15. The Labute approximate surface area is 465 Å². The maximum absolute atomic E-state index is 16.0. The molecule has 4 bridgehead atoms. The zero-order valence-electron chi connectivity index (χ0n) is 47.3. The molecule has 12 heteroatoms. The second-order valence-corrected chi connectivity index (χ2v) is 26.0. The van der Waals surface area contributed by atoms with Gasteiger partial charge in [-0.25, -0.2) is 0 Å². The molecule has 0 aromatic heterocycles. The molecule has 11 rings (SSSR count). The monoisotopic (exact) mass is 1070 g/mol. The number of benzene rings is 2. The molecular formula is C66H90N4O8. The molecule has 2 aliphatic heterocycles. The number of phenols is 1. The Morgan fingerprint density at radius 2 is 1.81 bits per heavy atom. The van der Waals surface area contributed by atoms with Gasteiger partial charge < -0.3 is 44.9 Å². The third-order valence-electron chi connectivity index (χ3n) is 22.1. The highest BCUT2D eigenvalue weighted by Gasteiger charge is 2.68. The average Bonchev–Trinajstić information content (AvgIpc) is 3.64. The lowest BCUT2D eigenvalue weighted by atomic mass is 9.42. The van der Waals surface area contributed by atoms with Crippen LogP contribution in [0.5, 0.6) is 23.0 Å². The van der Waals surface area contributed by atoms with E-state index in [4.69, 9.17) is 23.9 Å². The number of aliphatic imine (C=N–C) groups is 1. The van der Waals surface area contributed by atoms with Gasteiger partial charge in [0.2, 0.25) is 11.7 Å². The van der Waals surface area contributed by atoms with E-state index in [9.17, 15) is 15.3 Å². The van der Waals surface area contributed by atoms with Crippen LogP contribution in [-0.2, 0) is 21.4 Å². The second-order valence-electron chi connectivity index (χ2n) is 26.0. The minimum Gasteiger partial charge on any atom is -0.504 e. The van der Waals surface area contributed by atoms with Crippen LogP contribution in [0, 0.1) is 88.1 Å². The van der Waals surface area contributed by atoms with E-state index in [2.05, 4.69) is 71.2 Å². The van der Waals surface area contributed by atoms with E-state index in [1.54, 1.807) is 20.2 Å². The first kappa shape index (κ1) is 55.2. The molecule has 7 aliphatic carbocycles. The summed E-state index contributed by atoms with van der Waals surface area (Å²) in [5.41, 5.74) is 1.29. The first-order chi connectivity index (χ1) is 38.0. The van der Waals surface area contributed by atoms with Crippen molar-refractivity contribution < 1.29 is 39.1 Å². The summed E-state index contributed by atoms with van der Waals surface area (Å²) in [4.78, 5) is 20.8. The number of nitrogens with one attached hydrogen (secondary N) is 3. The van der Waals surface area contributed by atoms with Crippen molar-refractivity contribution in [3.63, 3.8) is 0 Å². The molecule has 0 amide bonds. The first-order valence-corrected chi connectivity index (χ1v) is 30.7.